The van der Waals surface area contributed by atoms with Gasteiger partial charge in [0.2, 0.25) is 0 Å². The first-order chi connectivity index (χ1) is 13.1. The van der Waals surface area contributed by atoms with Crippen molar-refractivity contribution in [3.8, 4) is 11.5 Å². The fraction of sp³-hybridized carbons (Fsp3) is 0.333. The van der Waals surface area contributed by atoms with Crippen molar-refractivity contribution in [2.75, 3.05) is 25.6 Å². The predicted molar refractivity (Wildman–Crippen MR) is 102 cm³/mol. The van der Waals surface area contributed by atoms with E-state index in [0.717, 1.165) is 24.9 Å². The van der Waals surface area contributed by atoms with E-state index in [1.54, 1.807) is 12.1 Å². The maximum absolute atomic E-state index is 12.2. The van der Waals surface area contributed by atoms with Crippen LogP contribution in [0.4, 0.5) is 5.69 Å². The summed E-state index contributed by atoms with van der Waals surface area (Å²) in [6.07, 6.45) is 3.27. The summed E-state index contributed by atoms with van der Waals surface area (Å²) in [6.45, 7) is 2.00. The Bertz CT molecular complexity index is 846. The quantitative estimate of drug-likeness (QED) is 0.758. The van der Waals surface area contributed by atoms with Gasteiger partial charge in [0.05, 0.1) is 19.3 Å². The number of rotatable bonds is 7. The summed E-state index contributed by atoms with van der Waals surface area (Å²) in [5.41, 5.74) is 3.62. The number of nitrogens with one attached hydrogen (secondary N) is 1. The van der Waals surface area contributed by atoms with E-state index in [9.17, 15) is 9.59 Å². The van der Waals surface area contributed by atoms with Gasteiger partial charge in [-0.1, -0.05) is 6.07 Å². The molecule has 0 saturated carbocycles. The molecular weight excluding hydrogens is 346 g/mol. The predicted octanol–water partition coefficient (Wildman–Crippen LogP) is 3.38. The number of anilines is 1. The van der Waals surface area contributed by atoms with Crippen LogP contribution in [0.2, 0.25) is 0 Å². The van der Waals surface area contributed by atoms with Crippen molar-refractivity contribution in [1.82, 2.24) is 0 Å². The molecule has 0 radical (unpaired) electrons. The van der Waals surface area contributed by atoms with E-state index in [4.69, 9.17) is 14.2 Å². The number of hydrogen-bond acceptors (Lipinski definition) is 5. The smallest absolute Gasteiger partial charge is 0.338 e. The summed E-state index contributed by atoms with van der Waals surface area (Å²) >= 11 is 0. The molecule has 6 heteroatoms. The van der Waals surface area contributed by atoms with Crippen LogP contribution < -0.4 is 14.8 Å². The maximum atomic E-state index is 12.2. The molecule has 0 fully saturated rings. The van der Waals surface area contributed by atoms with Crippen molar-refractivity contribution < 1.29 is 23.8 Å². The summed E-state index contributed by atoms with van der Waals surface area (Å²) in [7, 11) is 1.50. The topological polar surface area (TPSA) is 73.9 Å². The molecule has 27 heavy (non-hydrogen) atoms. The monoisotopic (exact) mass is 369 g/mol. The Morgan fingerprint density at radius 3 is 2.63 bits per heavy atom. The minimum absolute atomic E-state index is 0.292. The lowest BCUT2D eigenvalue weighted by atomic mass is 10.1. The number of carbonyl (C=O) groups is 2. The maximum Gasteiger partial charge on any atom is 0.338 e. The zero-order valence-corrected chi connectivity index (χ0v) is 15.5. The van der Waals surface area contributed by atoms with Crippen LogP contribution in [0.5, 0.6) is 11.5 Å². The highest BCUT2D eigenvalue weighted by Crippen LogP contribution is 2.28. The molecule has 0 spiro atoms. The van der Waals surface area contributed by atoms with Crippen LogP contribution in [0.1, 0.15) is 34.8 Å². The van der Waals surface area contributed by atoms with Gasteiger partial charge in [-0.3, -0.25) is 4.79 Å². The molecule has 1 N–H and O–H groups in total. The van der Waals surface area contributed by atoms with E-state index >= 15 is 0 Å². The molecule has 0 bridgehead atoms. The number of carbonyl (C=O) groups excluding carboxylic acids is 2. The Morgan fingerprint density at radius 1 is 1.04 bits per heavy atom. The van der Waals surface area contributed by atoms with E-state index in [1.807, 2.05) is 25.1 Å². The van der Waals surface area contributed by atoms with Gasteiger partial charge in [0.1, 0.15) is 0 Å². The Balaban J connectivity index is 1.56. The lowest BCUT2D eigenvalue weighted by molar-refractivity contribution is -0.119. The van der Waals surface area contributed by atoms with Crippen molar-refractivity contribution in [1.29, 1.82) is 0 Å². The minimum Gasteiger partial charge on any atom is -0.493 e. The van der Waals surface area contributed by atoms with E-state index < -0.39 is 5.97 Å². The zero-order valence-electron chi connectivity index (χ0n) is 15.5. The first-order valence-electron chi connectivity index (χ1n) is 9.00. The van der Waals surface area contributed by atoms with Crippen LogP contribution in [0, 0.1) is 0 Å². The normalized spacial score (nSPS) is 12.2. The summed E-state index contributed by atoms with van der Waals surface area (Å²) in [4.78, 5) is 24.3. The summed E-state index contributed by atoms with van der Waals surface area (Å²) in [5, 5.41) is 2.77. The summed E-state index contributed by atoms with van der Waals surface area (Å²) < 4.78 is 15.7. The Kier molecular flexibility index (Phi) is 5.96. The second-order valence-corrected chi connectivity index (χ2v) is 6.26. The third-order valence-electron chi connectivity index (χ3n) is 4.42. The molecule has 2 aromatic carbocycles. The van der Waals surface area contributed by atoms with E-state index in [0.29, 0.717) is 23.7 Å². The van der Waals surface area contributed by atoms with Crippen LogP contribution in [-0.2, 0) is 22.4 Å². The first-order valence-corrected chi connectivity index (χ1v) is 9.00. The third-order valence-corrected chi connectivity index (χ3v) is 4.42. The first kappa shape index (κ1) is 18.8. The molecule has 0 aliphatic heterocycles. The van der Waals surface area contributed by atoms with Gasteiger partial charge in [-0.15, -0.1) is 0 Å². The Labute approximate surface area is 158 Å². The second-order valence-electron chi connectivity index (χ2n) is 6.26. The molecule has 6 nitrogen and oxygen atoms in total. The molecule has 1 amide bonds. The molecule has 142 valence electrons. The van der Waals surface area contributed by atoms with Crippen molar-refractivity contribution in [2.24, 2.45) is 0 Å². The highest BCUT2D eigenvalue weighted by Gasteiger charge is 2.15. The molecule has 2 aromatic rings. The molecule has 0 unspecified atom stereocenters. The third kappa shape index (κ3) is 4.58. The van der Waals surface area contributed by atoms with Crippen LogP contribution in [0.3, 0.4) is 0 Å². The van der Waals surface area contributed by atoms with E-state index in [1.165, 1.54) is 24.3 Å². The molecule has 3 rings (SSSR count). The van der Waals surface area contributed by atoms with Gasteiger partial charge >= 0.3 is 5.97 Å². The highest BCUT2D eigenvalue weighted by atomic mass is 16.5. The number of fused-ring (bicyclic) bond motifs is 1. The fourth-order valence-electron chi connectivity index (χ4n) is 3.13. The van der Waals surface area contributed by atoms with Crippen LogP contribution >= 0.6 is 0 Å². The molecule has 0 saturated heterocycles. The Morgan fingerprint density at radius 2 is 1.85 bits per heavy atom. The molecule has 0 heterocycles. The Hall–Kier alpha value is -3.02. The number of benzene rings is 2. The average Bonchev–Trinajstić information content (AvgIpc) is 3.14. The number of hydrogen-bond donors (Lipinski definition) is 1. The van der Waals surface area contributed by atoms with Crippen molar-refractivity contribution in [2.45, 2.75) is 26.2 Å². The molecule has 0 atom stereocenters. The van der Waals surface area contributed by atoms with E-state index in [2.05, 4.69) is 5.32 Å². The largest absolute Gasteiger partial charge is 0.493 e. The van der Waals surface area contributed by atoms with Gasteiger partial charge in [-0.25, -0.2) is 4.79 Å². The highest BCUT2D eigenvalue weighted by molar-refractivity contribution is 5.95. The molecule has 1 aliphatic rings. The molecule has 1 aliphatic carbocycles. The number of esters is 1. The minimum atomic E-state index is -0.597. The van der Waals surface area contributed by atoms with Crippen LogP contribution in [0.15, 0.2) is 36.4 Å². The van der Waals surface area contributed by atoms with Crippen molar-refractivity contribution in [3.63, 3.8) is 0 Å². The number of methoxy groups -OCH3 is 1. The van der Waals surface area contributed by atoms with Gasteiger partial charge in [0.15, 0.2) is 18.1 Å². The SMILES string of the molecule is CCOc1ccc(C(=O)OCC(=O)Nc2ccc3c(c2)CCC3)cc1OC. The molecule has 0 aromatic heterocycles. The van der Waals surface area contributed by atoms with Crippen LogP contribution in [0.25, 0.3) is 0 Å². The zero-order chi connectivity index (χ0) is 19.2. The van der Waals surface area contributed by atoms with Gasteiger partial charge < -0.3 is 19.5 Å². The van der Waals surface area contributed by atoms with Gasteiger partial charge in [0.25, 0.3) is 5.91 Å². The number of amides is 1. The summed E-state index contributed by atoms with van der Waals surface area (Å²) in [6, 6.07) is 10.7. The van der Waals surface area contributed by atoms with Gasteiger partial charge in [-0.05, 0) is 67.6 Å². The average molecular weight is 369 g/mol. The molecular formula is C21H23NO5. The second kappa shape index (κ2) is 8.58. The lowest BCUT2D eigenvalue weighted by Gasteiger charge is -2.11. The van der Waals surface area contributed by atoms with Crippen LogP contribution in [-0.4, -0.2) is 32.2 Å². The van der Waals surface area contributed by atoms with Gasteiger partial charge in [-0.2, -0.15) is 0 Å². The standard InChI is InChI=1S/C21H23NO5/c1-3-26-18-10-8-16(12-19(18)25-2)21(24)27-13-20(23)22-17-9-7-14-5-4-6-15(14)11-17/h7-12H,3-6,13H2,1-2H3,(H,22,23). The van der Waals surface area contributed by atoms with Crippen molar-refractivity contribution in [3.05, 3.63) is 53.1 Å². The number of ether oxygens (including phenoxy) is 3. The van der Waals surface area contributed by atoms with E-state index in [-0.39, 0.29) is 12.5 Å². The van der Waals surface area contributed by atoms with Crippen molar-refractivity contribution >= 4 is 17.6 Å². The van der Waals surface area contributed by atoms with Gasteiger partial charge in [0, 0.05) is 5.69 Å². The number of aryl methyl sites for hydroxylation is 2. The summed E-state index contributed by atoms with van der Waals surface area (Å²) in [5.74, 6) is 0.0134. The lowest BCUT2D eigenvalue weighted by Crippen LogP contribution is -2.21. The fourth-order valence-corrected chi connectivity index (χ4v) is 3.13.